The summed E-state index contributed by atoms with van der Waals surface area (Å²) < 4.78 is 0. The van der Waals surface area contributed by atoms with Gasteiger partial charge in [0.1, 0.15) is 0 Å². The van der Waals surface area contributed by atoms with Gasteiger partial charge < -0.3 is 10.4 Å². The zero-order valence-electron chi connectivity index (χ0n) is 11.1. The van der Waals surface area contributed by atoms with Gasteiger partial charge in [0.2, 0.25) is 0 Å². The van der Waals surface area contributed by atoms with Gasteiger partial charge >= 0.3 is 5.97 Å². The van der Waals surface area contributed by atoms with E-state index in [2.05, 4.69) is 11.4 Å². The van der Waals surface area contributed by atoms with E-state index in [1.807, 2.05) is 25.1 Å². The minimum absolute atomic E-state index is 0.269. The van der Waals surface area contributed by atoms with Crippen LogP contribution >= 0.6 is 0 Å². The largest absolute Gasteiger partial charge is 0.478 e. The summed E-state index contributed by atoms with van der Waals surface area (Å²) in [6, 6.07) is 14.5. The van der Waals surface area contributed by atoms with Crippen LogP contribution in [0.1, 0.15) is 27.0 Å². The molecule has 100 valence electrons. The monoisotopic (exact) mass is 266 g/mol. The summed E-state index contributed by atoms with van der Waals surface area (Å²) in [6.07, 6.45) is 0. The molecule has 2 aromatic rings. The Balaban J connectivity index is 2.16. The van der Waals surface area contributed by atoms with Gasteiger partial charge in [0, 0.05) is 12.2 Å². The van der Waals surface area contributed by atoms with Gasteiger partial charge in [-0.15, -0.1) is 0 Å². The van der Waals surface area contributed by atoms with E-state index in [0.717, 1.165) is 16.8 Å². The Morgan fingerprint density at radius 3 is 2.70 bits per heavy atom. The average molecular weight is 266 g/mol. The first-order valence-electron chi connectivity index (χ1n) is 6.17. The number of aryl methyl sites for hydroxylation is 1. The molecule has 0 saturated heterocycles. The number of aromatic carboxylic acids is 1. The van der Waals surface area contributed by atoms with E-state index in [4.69, 9.17) is 10.4 Å². The number of hydrogen-bond donors (Lipinski definition) is 2. The van der Waals surface area contributed by atoms with Crippen molar-refractivity contribution in [3.63, 3.8) is 0 Å². The second-order valence-corrected chi connectivity index (χ2v) is 4.46. The molecule has 0 unspecified atom stereocenters. The minimum atomic E-state index is -0.936. The molecule has 2 aromatic carbocycles. The zero-order valence-corrected chi connectivity index (χ0v) is 11.1. The first-order chi connectivity index (χ1) is 9.61. The number of rotatable bonds is 4. The summed E-state index contributed by atoms with van der Waals surface area (Å²) in [6.45, 7) is 2.38. The fraction of sp³-hybridized carbons (Fsp3) is 0.125. The SMILES string of the molecule is Cc1cc(C(=O)O)ccc1NCc1ccccc1C#N. The van der Waals surface area contributed by atoms with Crippen molar-refractivity contribution < 1.29 is 9.90 Å². The maximum Gasteiger partial charge on any atom is 0.335 e. The van der Waals surface area contributed by atoms with E-state index in [1.165, 1.54) is 0 Å². The molecule has 0 amide bonds. The third-order valence-corrected chi connectivity index (χ3v) is 3.08. The van der Waals surface area contributed by atoms with Crippen LogP contribution in [0.25, 0.3) is 0 Å². The lowest BCUT2D eigenvalue weighted by molar-refractivity contribution is 0.0697. The highest BCUT2D eigenvalue weighted by Crippen LogP contribution is 2.18. The third-order valence-electron chi connectivity index (χ3n) is 3.08. The Hall–Kier alpha value is -2.80. The molecule has 0 aliphatic rings. The van der Waals surface area contributed by atoms with Crippen molar-refractivity contribution in [2.75, 3.05) is 5.32 Å². The molecular formula is C16H14N2O2. The number of carbonyl (C=O) groups is 1. The maximum absolute atomic E-state index is 10.9. The topological polar surface area (TPSA) is 73.1 Å². The summed E-state index contributed by atoms with van der Waals surface area (Å²) in [5.41, 5.74) is 3.55. The third kappa shape index (κ3) is 2.96. The van der Waals surface area contributed by atoms with Crippen molar-refractivity contribution in [1.82, 2.24) is 0 Å². The van der Waals surface area contributed by atoms with Crippen molar-refractivity contribution in [3.8, 4) is 6.07 Å². The molecule has 0 aromatic heterocycles. The molecule has 0 radical (unpaired) electrons. The Morgan fingerprint density at radius 2 is 2.05 bits per heavy atom. The molecule has 4 nitrogen and oxygen atoms in total. The van der Waals surface area contributed by atoms with Gasteiger partial charge in [-0.25, -0.2) is 4.79 Å². The second-order valence-electron chi connectivity index (χ2n) is 4.46. The highest BCUT2D eigenvalue weighted by Gasteiger charge is 2.06. The molecule has 20 heavy (non-hydrogen) atoms. The second kappa shape index (κ2) is 5.89. The summed E-state index contributed by atoms with van der Waals surface area (Å²) >= 11 is 0. The van der Waals surface area contributed by atoms with E-state index in [1.54, 1.807) is 24.3 Å². The predicted octanol–water partition coefficient (Wildman–Crippen LogP) is 3.18. The Bertz CT molecular complexity index is 687. The Morgan fingerprint density at radius 1 is 1.30 bits per heavy atom. The minimum Gasteiger partial charge on any atom is -0.478 e. The smallest absolute Gasteiger partial charge is 0.335 e. The number of carboxylic acid groups (broad SMARTS) is 1. The molecule has 2 N–H and O–H groups in total. The quantitative estimate of drug-likeness (QED) is 0.891. The number of nitrogens with zero attached hydrogens (tertiary/aromatic N) is 1. The molecule has 0 spiro atoms. The summed E-state index contributed by atoms with van der Waals surface area (Å²) in [5.74, 6) is -0.936. The van der Waals surface area contributed by atoms with Crippen LogP contribution < -0.4 is 5.32 Å². The number of nitriles is 1. The molecule has 0 aliphatic heterocycles. The van der Waals surface area contributed by atoms with Crippen LogP contribution in [0.4, 0.5) is 5.69 Å². The summed E-state index contributed by atoms with van der Waals surface area (Å²) in [7, 11) is 0. The van der Waals surface area contributed by atoms with Gasteiger partial charge in [-0.3, -0.25) is 0 Å². The first-order valence-corrected chi connectivity index (χ1v) is 6.17. The normalized spacial score (nSPS) is 9.80. The summed E-state index contributed by atoms with van der Waals surface area (Å²) in [4.78, 5) is 10.9. The highest BCUT2D eigenvalue weighted by atomic mass is 16.4. The van der Waals surface area contributed by atoms with Gasteiger partial charge in [0.15, 0.2) is 0 Å². The Kier molecular flexibility index (Phi) is 4.02. The lowest BCUT2D eigenvalue weighted by atomic mass is 10.1. The molecule has 0 atom stereocenters. The van der Waals surface area contributed by atoms with E-state index < -0.39 is 5.97 Å². The van der Waals surface area contributed by atoms with Crippen LogP contribution in [-0.2, 0) is 6.54 Å². The molecule has 2 rings (SSSR count). The van der Waals surface area contributed by atoms with Crippen LogP contribution in [0.15, 0.2) is 42.5 Å². The van der Waals surface area contributed by atoms with Gasteiger partial charge in [-0.2, -0.15) is 5.26 Å². The molecule has 0 heterocycles. The zero-order chi connectivity index (χ0) is 14.5. The fourth-order valence-corrected chi connectivity index (χ4v) is 1.97. The van der Waals surface area contributed by atoms with Crippen molar-refractivity contribution >= 4 is 11.7 Å². The van der Waals surface area contributed by atoms with Crippen molar-refractivity contribution in [2.45, 2.75) is 13.5 Å². The lowest BCUT2D eigenvalue weighted by Gasteiger charge is -2.11. The predicted molar refractivity (Wildman–Crippen MR) is 76.6 cm³/mol. The number of carboxylic acids is 1. The number of nitrogens with one attached hydrogen (secondary N) is 1. The number of anilines is 1. The van der Waals surface area contributed by atoms with Crippen molar-refractivity contribution in [1.29, 1.82) is 5.26 Å². The van der Waals surface area contributed by atoms with Gasteiger partial charge in [-0.1, -0.05) is 18.2 Å². The maximum atomic E-state index is 10.9. The summed E-state index contributed by atoms with van der Waals surface area (Å²) in [5, 5.41) is 21.2. The van der Waals surface area contributed by atoms with Crippen LogP contribution in [0.5, 0.6) is 0 Å². The lowest BCUT2D eigenvalue weighted by Crippen LogP contribution is -2.04. The van der Waals surface area contributed by atoms with E-state index in [-0.39, 0.29) is 5.56 Å². The molecule has 0 saturated carbocycles. The van der Waals surface area contributed by atoms with E-state index >= 15 is 0 Å². The van der Waals surface area contributed by atoms with Gasteiger partial charge in [0.05, 0.1) is 17.2 Å². The van der Waals surface area contributed by atoms with Crippen LogP contribution in [0, 0.1) is 18.3 Å². The fourth-order valence-electron chi connectivity index (χ4n) is 1.97. The van der Waals surface area contributed by atoms with Gasteiger partial charge in [-0.05, 0) is 42.3 Å². The molecule has 0 fully saturated rings. The van der Waals surface area contributed by atoms with Crippen LogP contribution in [0.2, 0.25) is 0 Å². The highest BCUT2D eigenvalue weighted by molar-refractivity contribution is 5.88. The van der Waals surface area contributed by atoms with Crippen LogP contribution in [0.3, 0.4) is 0 Å². The average Bonchev–Trinajstić information content (AvgIpc) is 2.46. The molecule has 0 aliphatic carbocycles. The van der Waals surface area contributed by atoms with E-state index in [9.17, 15) is 4.79 Å². The standard InChI is InChI=1S/C16H14N2O2/c1-11-8-12(16(19)20)6-7-15(11)18-10-14-5-3-2-4-13(14)9-17/h2-8,18H,10H2,1H3,(H,19,20). The van der Waals surface area contributed by atoms with Crippen molar-refractivity contribution in [3.05, 3.63) is 64.7 Å². The number of benzene rings is 2. The first kappa shape index (κ1) is 13.6. The molecule has 0 bridgehead atoms. The van der Waals surface area contributed by atoms with E-state index in [0.29, 0.717) is 12.1 Å². The Labute approximate surface area is 117 Å². The van der Waals surface area contributed by atoms with Crippen molar-refractivity contribution in [2.24, 2.45) is 0 Å². The van der Waals surface area contributed by atoms with Crippen LogP contribution in [-0.4, -0.2) is 11.1 Å². The van der Waals surface area contributed by atoms with Gasteiger partial charge in [0.25, 0.3) is 0 Å². The molecule has 4 heteroatoms. The molecular weight excluding hydrogens is 252 g/mol. The number of hydrogen-bond acceptors (Lipinski definition) is 3.